The molecule has 0 heterocycles. The lowest BCUT2D eigenvalue weighted by Crippen LogP contribution is -2.29. The van der Waals surface area contributed by atoms with Gasteiger partial charge in [0.15, 0.2) is 0 Å². The summed E-state index contributed by atoms with van der Waals surface area (Å²) < 4.78 is 28.0. The van der Waals surface area contributed by atoms with Crippen LogP contribution in [0, 0.1) is 29.4 Å². The molecule has 1 aromatic rings. The van der Waals surface area contributed by atoms with Gasteiger partial charge in [-0.15, -0.1) is 0 Å². The van der Waals surface area contributed by atoms with E-state index in [0.717, 1.165) is 18.3 Å². The fraction of sp³-hybridized carbons (Fsp3) is 0.625. The Labute approximate surface area is 127 Å². The molecule has 2 N–H and O–H groups in total. The summed E-state index contributed by atoms with van der Waals surface area (Å²) in [5.74, 6) is 1.37. The van der Waals surface area contributed by atoms with E-state index in [1.54, 1.807) is 0 Å². The summed E-state index contributed by atoms with van der Waals surface area (Å²) in [6.45, 7) is 0. The number of fused-ring (bicyclic) bond motifs is 2. The first-order valence-electron chi connectivity index (χ1n) is 7.42. The monoisotopic (exact) mass is 343 g/mol. The van der Waals surface area contributed by atoms with Gasteiger partial charge in [0.1, 0.15) is 11.6 Å². The van der Waals surface area contributed by atoms with E-state index in [4.69, 9.17) is 5.73 Å². The summed E-state index contributed by atoms with van der Waals surface area (Å²) in [6, 6.07) is 2.54. The molecule has 2 fully saturated rings. The molecule has 4 heteroatoms. The highest BCUT2D eigenvalue weighted by atomic mass is 79.9. The molecule has 2 bridgehead atoms. The molecule has 1 aromatic carbocycles. The molecule has 0 spiro atoms. The molecule has 2 saturated carbocycles. The first kappa shape index (κ1) is 14.5. The first-order valence-corrected chi connectivity index (χ1v) is 8.22. The van der Waals surface area contributed by atoms with E-state index in [0.29, 0.717) is 10.4 Å². The zero-order valence-corrected chi connectivity index (χ0v) is 13.0. The molecule has 1 nitrogen and oxygen atoms in total. The van der Waals surface area contributed by atoms with E-state index in [1.165, 1.54) is 37.8 Å². The van der Waals surface area contributed by atoms with Crippen LogP contribution in [-0.4, -0.2) is 6.04 Å². The van der Waals surface area contributed by atoms with Crippen LogP contribution in [0.1, 0.15) is 37.7 Å². The number of hydrogen-bond acceptors (Lipinski definition) is 1. The number of rotatable bonds is 4. The largest absolute Gasteiger partial charge is 0.327 e. The Morgan fingerprint density at radius 1 is 1.25 bits per heavy atom. The number of benzene rings is 1. The second kappa shape index (κ2) is 5.72. The zero-order valence-electron chi connectivity index (χ0n) is 11.4. The first-order chi connectivity index (χ1) is 9.54. The van der Waals surface area contributed by atoms with Crippen molar-refractivity contribution in [3.8, 4) is 0 Å². The van der Waals surface area contributed by atoms with Crippen LogP contribution < -0.4 is 5.73 Å². The maximum Gasteiger partial charge on any atom is 0.143 e. The minimum Gasteiger partial charge on any atom is -0.327 e. The van der Waals surface area contributed by atoms with Gasteiger partial charge in [0.2, 0.25) is 0 Å². The van der Waals surface area contributed by atoms with Gasteiger partial charge in [-0.25, -0.2) is 8.78 Å². The number of nitrogens with two attached hydrogens (primary N) is 1. The van der Waals surface area contributed by atoms with Crippen LogP contribution >= 0.6 is 15.9 Å². The maximum absolute atomic E-state index is 13.9. The fourth-order valence-electron chi connectivity index (χ4n) is 4.16. The number of hydrogen-bond donors (Lipinski definition) is 1. The summed E-state index contributed by atoms with van der Waals surface area (Å²) in [6.07, 6.45) is 6.48. The van der Waals surface area contributed by atoms with Crippen molar-refractivity contribution < 1.29 is 8.78 Å². The Morgan fingerprint density at radius 2 is 2.05 bits per heavy atom. The van der Waals surface area contributed by atoms with E-state index in [-0.39, 0.29) is 18.0 Å². The van der Waals surface area contributed by atoms with Crippen LogP contribution in [0.15, 0.2) is 16.6 Å². The molecule has 0 aliphatic heterocycles. The summed E-state index contributed by atoms with van der Waals surface area (Å²) in [4.78, 5) is 0. The van der Waals surface area contributed by atoms with Gasteiger partial charge in [-0.3, -0.25) is 0 Å². The lowest BCUT2D eigenvalue weighted by Gasteiger charge is -2.25. The third-order valence-electron chi connectivity index (χ3n) is 5.10. The summed E-state index contributed by atoms with van der Waals surface area (Å²) in [7, 11) is 0. The van der Waals surface area contributed by atoms with Gasteiger partial charge in [-0.05, 0) is 77.9 Å². The molecule has 2 aliphatic carbocycles. The van der Waals surface area contributed by atoms with E-state index in [1.807, 2.05) is 0 Å². The highest BCUT2D eigenvalue weighted by Gasteiger charge is 2.39. The quantitative estimate of drug-likeness (QED) is 0.804. The van der Waals surface area contributed by atoms with Crippen LogP contribution in [0.3, 0.4) is 0 Å². The van der Waals surface area contributed by atoms with E-state index < -0.39 is 11.6 Å². The molecule has 4 unspecified atom stereocenters. The van der Waals surface area contributed by atoms with Crippen LogP contribution in [-0.2, 0) is 6.42 Å². The van der Waals surface area contributed by atoms with Crippen LogP contribution in [0.5, 0.6) is 0 Å². The van der Waals surface area contributed by atoms with Crippen molar-refractivity contribution in [2.75, 3.05) is 0 Å². The molecular formula is C16H20BrF2N. The van der Waals surface area contributed by atoms with Crippen LogP contribution in [0.2, 0.25) is 0 Å². The van der Waals surface area contributed by atoms with Crippen molar-refractivity contribution in [1.82, 2.24) is 0 Å². The van der Waals surface area contributed by atoms with Gasteiger partial charge >= 0.3 is 0 Å². The Bertz CT molecular complexity index is 505. The molecule has 0 radical (unpaired) electrons. The van der Waals surface area contributed by atoms with Crippen LogP contribution in [0.25, 0.3) is 0 Å². The second-order valence-electron chi connectivity index (χ2n) is 6.46. The topological polar surface area (TPSA) is 26.0 Å². The molecule has 0 amide bonds. The highest BCUT2D eigenvalue weighted by Crippen LogP contribution is 2.49. The summed E-state index contributed by atoms with van der Waals surface area (Å²) >= 11 is 3.10. The average Bonchev–Trinajstić information content (AvgIpc) is 3.01. The Balaban J connectivity index is 1.64. The lowest BCUT2D eigenvalue weighted by molar-refractivity contribution is 0.292. The standard InChI is InChI=1S/C16H20BrF2N/c17-14-3-4-15(18)13(16(14)19)8-12(20)7-11-6-9-1-2-10(11)5-9/h3-4,9-12H,1-2,5-8,20H2. The van der Waals surface area contributed by atoms with Gasteiger partial charge in [0.05, 0.1) is 4.47 Å². The molecule has 3 rings (SSSR count). The summed E-state index contributed by atoms with van der Waals surface area (Å²) in [5.41, 5.74) is 6.28. The molecule has 110 valence electrons. The minimum absolute atomic E-state index is 0.120. The smallest absolute Gasteiger partial charge is 0.143 e. The van der Waals surface area contributed by atoms with Gasteiger partial charge in [-0.1, -0.05) is 6.42 Å². The van der Waals surface area contributed by atoms with Crippen molar-refractivity contribution >= 4 is 15.9 Å². The molecule has 20 heavy (non-hydrogen) atoms. The molecule has 4 atom stereocenters. The van der Waals surface area contributed by atoms with Crippen molar-refractivity contribution in [1.29, 1.82) is 0 Å². The minimum atomic E-state index is -0.506. The zero-order chi connectivity index (χ0) is 14.3. The van der Waals surface area contributed by atoms with Crippen molar-refractivity contribution in [3.63, 3.8) is 0 Å². The van der Waals surface area contributed by atoms with Gasteiger partial charge in [0.25, 0.3) is 0 Å². The molecule has 2 aliphatic rings. The Hall–Kier alpha value is -0.480. The average molecular weight is 344 g/mol. The lowest BCUT2D eigenvalue weighted by atomic mass is 9.83. The van der Waals surface area contributed by atoms with E-state index in [2.05, 4.69) is 15.9 Å². The molecule has 0 aromatic heterocycles. The number of halogens is 3. The second-order valence-corrected chi connectivity index (χ2v) is 7.31. The molecular weight excluding hydrogens is 324 g/mol. The van der Waals surface area contributed by atoms with Crippen LogP contribution in [0.4, 0.5) is 8.78 Å². The Kier molecular flexibility index (Phi) is 4.14. The fourth-order valence-corrected chi connectivity index (χ4v) is 4.53. The Morgan fingerprint density at radius 3 is 2.70 bits per heavy atom. The molecule has 0 saturated heterocycles. The highest BCUT2D eigenvalue weighted by molar-refractivity contribution is 9.10. The predicted octanol–water partition coefficient (Wildman–Crippen LogP) is 4.42. The normalized spacial score (nSPS) is 29.9. The summed E-state index contributed by atoms with van der Waals surface area (Å²) in [5, 5.41) is 0. The third kappa shape index (κ3) is 2.77. The van der Waals surface area contributed by atoms with E-state index in [9.17, 15) is 8.78 Å². The van der Waals surface area contributed by atoms with Crippen molar-refractivity contribution in [2.24, 2.45) is 23.5 Å². The van der Waals surface area contributed by atoms with Crippen molar-refractivity contribution in [3.05, 3.63) is 33.8 Å². The third-order valence-corrected chi connectivity index (χ3v) is 5.71. The van der Waals surface area contributed by atoms with Gasteiger partial charge in [-0.2, -0.15) is 0 Å². The SMILES string of the molecule is NC(Cc1c(F)ccc(Br)c1F)CC1CC2CCC1C2. The van der Waals surface area contributed by atoms with Gasteiger partial charge in [0, 0.05) is 11.6 Å². The van der Waals surface area contributed by atoms with Gasteiger partial charge < -0.3 is 5.73 Å². The van der Waals surface area contributed by atoms with Crippen molar-refractivity contribution in [2.45, 2.75) is 44.6 Å². The maximum atomic E-state index is 13.9. The predicted molar refractivity (Wildman–Crippen MR) is 79.3 cm³/mol. The van der Waals surface area contributed by atoms with E-state index >= 15 is 0 Å².